The highest BCUT2D eigenvalue weighted by molar-refractivity contribution is 6.15. The molecule has 0 spiro atoms. The average Bonchev–Trinajstić information content (AvgIpc) is 2.86. The van der Waals surface area contributed by atoms with Gasteiger partial charge in [-0.15, -0.1) is 0 Å². The maximum atomic E-state index is 12.6. The summed E-state index contributed by atoms with van der Waals surface area (Å²) in [6.07, 6.45) is 1.80. The molecule has 0 unspecified atom stereocenters. The van der Waals surface area contributed by atoms with Crippen molar-refractivity contribution in [2.24, 2.45) is 0 Å². The van der Waals surface area contributed by atoms with Crippen LogP contribution < -0.4 is 9.47 Å². The number of rotatable bonds is 4. The fourth-order valence-corrected chi connectivity index (χ4v) is 2.62. The van der Waals surface area contributed by atoms with Gasteiger partial charge in [0, 0.05) is 5.56 Å². The Bertz CT molecular complexity index is 859. The molecule has 0 radical (unpaired) electrons. The summed E-state index contributed by atoms with van der Waals surface area (Å²) < 4.78 is 11.6. The van der Waals surface area contributed by atoms with E-state index in [2.05, 4.69) is 6.58 Å². The van der Waals surface area contributed by atoms with E-state index >= 15 is 0 Å². The van der Waals surface area contributed by atoms with Crippen LogP contribution in [0.15, 0.2) is 54.3 Å². The minimum atomic E-state index is -0.0946. The summed E-state index contributed by atoms with van der Waals surface area (Å²) in [5.74, 6) is 1.54. The van der Waals surface area contributed by atoms with Crippen molar-refractivity contribution in [1.29, 1.82) is 0 Å². The molecule has 0 fully saturated rings. The third-order valence-electron chi connectivity index (χ3n) is 3.99. The van der Waals surface area contributed by atoms with Crippen LogP contribution in [0.4, 0.5) is 0 Å². The normalized spacial score (nSPS) is 14.5. The van der Waals surface area contributed by atoms with Gasteiger partial charge in [-0.1, -0.05) is 30.8 Å². The molecule has 122 valence electrons. The number of hydrogen-bond donors (Lipinski definition) is 0. The van der Waals surface area contributed by atoms with Crippen molar-refractivity contribution in [2.45, 2.75) is 20.8 Å². The highest BCUT2D eigenvalue weighted by atomic mass is 16.5. The fraction of sp³-hybridized carbons (Fsp3) is 0.190. The Kier molecular flexibility index (Phi) is 4.26. The summed E-state index contributed by atoms with van der Waals surface area (Å²) in [7, 11) is 0. The monoisotopic (exact) mass is 320 g/mol. The van der Waals surface area contributed by atoms with Gasteiger partial charge in [0.2, 0.25) is 5.78 Å². The second kappa shape index (κ2) is 6.36. The number of benzene rings is 2. The zero-order valence-electron chi connectivity index (χ0n) is 14.2. The molecule has 0 aromatic heterocycles. The number of fused-ring (bicyclic) bond motifs is 1. The van der Waals surface area contributed by atoms with Crippen molar-refractivity contribution in [3.63, 3.8) is 0 Å². The van der Waals surface area contributed by atoms with Gasteiger partial charge in [-0.05, 0) is 55.7 Å². The van der Waals surface area contributed by atoms with Gasteiger partial charge in [-0.2, -0.15) is 0 Å². The Balaban J connectivity index is 1.94. The molecule has 0 saturated carbocycles. The Morgan fingerprint density at radius 3 is 2.67 bits per heavy atom. The molecule has 0 N–H and O–H groups in total. The number of hydrogen-bond acceptors (Lipinski definition) is 3. The van der Waals surface area contributed by atoms with Crippen LogP contribution in [0.25, 0.3) is 6.08 Å². The van der Waals surface area contributed by atoms with E-state index in [-0.39, 0.29) is 5.78 Å². The predicted molar refractivity (Wildman–Crippen MR) is 95.6 cm³/mol. The minimum absolute atomic E-state index is 0.0946. The first-order valence-electron chi connectivity index (χ1n) is 7.88. The molecule has 1 aliphatic heterocycles. The third kappa shape index (κ3) is 2.98. The molecule has 0 bridgehead atoms. The molecule has 1 aliphatic rings. The average molecular weight is 320 g/mol. The van der Waals surface area contributed by atoms with E-state index in [0.29, 0.717) is 29.4 Å². The molecule has 2 aromatic rings. The van der Waals surface area contributed by atoms with E-state index in [4.69, 9.17) is 9.47 Å². The molecule has 3 rings (SSSR count). The Hall–Kier alpha value is -2.81. The second-order valence-corrected chi connectivity index (χ2v) is 6.11. The smallest absolute Gasteiger partial charge is 0.231 e. The molecule has 0 aliphatic carbocycles. The molecule has 3 nitrogen and oxygen atoms in total. The van der Waals surface area contributed by atoms with E-state index in [1.807, 2.05) is 51.1 Å². The fourth-order valence-electron chi connectivity index (χ4n) is 2.62. The summed E-state index contributed by atoms with van der Waals surface area (Å²) >= 11 is 0. The van der Waals surface area contributed by atoms with Gasteiger partial charge in [0.1, 0.15) is 18.1 Å². The van der Waals surface area contributed by atoms with Crippen LogP contribution in [0.2, 0.25) is 0 Å². The molecule has 1 heterocycles. The minimum Gasteiger partial charge on any atom is -0.489 e. The highest BCUT2D eigenvalue weighted by Crippen LogP contribution is 2.39. The third-order valence-corrected chi connectivity index (χ3v) is 3.99. The maximum Gasteiger partial charge on any atom is 0.231 e. The molecule has 0 saturated heterocycles. The number of aryl methyl sites for hydroxylation is 1. The number of ketones is 1. The molecule has 2 aromatic carbocycles. The lowest BCUT2D eigenvalue weighted by Gasteiger charge is -2.11. The number of carbonyl (C=O) groups is 1. The molecule has 0 amide bonds. The van der Waals surface area contributed by atoms with Crippen molar-refractivity contribution in [3.8, 4) is 11.5 Å². The van der Waals surface area contributed by atoms with Gasteiger partial charge >= 0.3 is 0 Å². The summed E-state index contributed by atoms with van der Waals surface area (Å²) in [6, 6.07) is 11.5. The highest BCUT2D eigenvalue weighted by Gasteiger charge is 2.30. The van der Waals surface area contributed by atoms with Crippen LogP contribution in [-0.2, 0) is 0 Å². The van der Waals surface area contributed by atoms with Crippen LogP contribution in [0.3, 0.4) is 0 Å². The van der Waals surface area contributed by atoms with Crippen LogP contribution in [0, 0.1) is 13.8 Å². The van der Waals surface area contributed by atoms with E-state index in [1.54, 1.807) is 12.1 Å². The van der Waals surface area contributed by atoms with E-state index < -0.39 is 0 Å². The van der Waals surface area contributed by atoms with Gasteiger partial charge in [0.15, 0.2) is 5.76 Å². The number of carbonyl (C=O) groups excluding carboxylic acids is 1. The maximum absolute atomic E-state index is 12.6. The van der Waals surface area contributed by atoms with Crippen LogP contribution >= 0.6 is 0 Å². The standard InChI is InChI=1S/C21H20O3/c1-13(2)12-23-18-10-9-17-20(22)19(24-21(17)15(18)4)11-16-8-6-5-7-14(16)3/h5-11H,1,12H2,2-4H3/b19-11-. The van der Waals surface area contributed by atoms with E-state index in [0.717, 1.165) is 22.3 Å². The van der Waals surface area contributed by atoms with Gasteiger partial charge in [-0.25, -0.2) is 0 Å². The molecule has 0 atom stereocenters. The largest absolute Gasteiger partial charge is 0.489 e. The predicted octanol–water partition coefficient (Wildman–Crippen LogP) is 4.87. The molecule has 24 heavy (non-hydrogen) atoms. The summed E-state index contributed by atoms with van der Waals surface area (Å²) in [5, 5.41) is 0. The molecule has 3 heteroatoms. The van der Waals surface area contributed by atoms with Crippen molar-refractivity contribution in [1.82, 2.24) is 0 Å². The quantitative estimate of drug-likeness (QED) is 0.595. The number of ether oxygens (including phenoxy) is 2. The second-order valence-electron chi connectivity index (χ2n) is 6.11. The van der Waals surface area contributed by atoms with Crippen molar-refractivity contribution in [3.05, 3.63) is 76.6 Å². The Morgan fingerprint density at radius 2 is 1.96 bits per heavy atom. The van der Waals surface area contributed by atoms with Gasteiger partial charge in [0.25, 0.3) is 0 Å². The lowest BCUT2D eigenvalue weighted by atomic mass is 10.0. The summed E-state index contributed by atoms with van der Waals surface area (Å²) in [5.41, 5.74) is 4.42. The van der Waals surface area contributed by atoms with Crippen molar-refractivity contribution in [2.75, 3.05) is 6.61 Å². The van der Waals surface area contributed by atoms with Crippen molar-refractivity contribution < 1.29 is 14.3 Å². The van der Waals surface area contributed by atoms with Gasteiger partial charge < -0.3 is 9.47 Å². The van der Waals surface area contributed by atoms with E-state index in [9.17, 15) is 4.79 Å². The van der Waals surface area contributed by atoms with Crippen LogP contribution in [-0.4, -0.2) is 12.4 Å². The van der Waals surface area contributed by atoms with E-state index in [1.165, 1.54) is 0 Å². The SMILES string of the molecule is C=C(C)COc1ccc2c(c1C)O/C(=C\c1ccccc1C)C2=O. The zero-order chi connectivity index (χ0) is 17.3. The van der Waals surface area contributed by atoms with Gasteiger partial charge in [0.05, 0.1) is 5.56 Å². The molecular weight excluding hydrogens is 300 g/mol. The first kappa shape index (κ1) is 16.1. The Labute approximate surface area is 142 Å². The first-order valence-corrected chi connectivity index (χ1v) is 7.88. The van der Waals surface area contributed by atoms with Crippen molar-refractivity contribution >= 4 is 11.9 Å². The topological polar surface area (TPSA) is 35.5 Å². The van der Waals surface area contributed by atoms with Crippen LogP contribution in [0.1, 0.15) is 34.0 Å². The summed E-state index contributed by atoms with van der Waals surface area (Å²) in [4.78, 5) is 12.6. The molecular formula is C21H20O3. The van der Waals surface area contributed by atoms with Gasteiger partial charge in [-0.3, -0.25) is 4.79 Å². The lowest BCUT2D eigenvalue weighted by Crippen LogP contribution is -2.00. The summed E-state index contributed by atoms with van der Waals surface area (Å²) in [6.45, 7) is 10.1. The zero-order valence-corrected chi connectivity index (χ0v) is 14.2. The number of allylic oxidation sites excluding steroid dienone is 1. The van der Waals surface area contributed by atoms with Crippen LogP contribution in [0.5, 0.6) is 11.5 Å². The lowest BCUT2D eigenvalue weighted by molar-refractivity contribution is 0.101. The Morgan fingerprint density at radius 1 is 1.21 bits per heavy atom. The number of Topliss-reactive ketones (excluding diaryl/α,β-unsaturated/α-hetero) is 1. The first-order chi connectivity index (χ1) is 11.5.